The molecule has 160 valence electrons. The summed E-state index contributed by atoms with van der Waals surface area (Å²) in [4.78, 5) is 37.5. The van der Waals surface area contributed by atoms with E-state index in [1.807, 2.05) is 60.7 Å². The summed E-state index contributed by atoms with van der Waals surface area (Å²) in [7, 11) is -2.84. The average Bonchev–Trinajstić information content (AvgIpc) is 2.74. The molecule has 0 saturated heterocycles. The summed E-state index contributed by atoms with van der Waals surface area (Å²) < 4.78 is 23.9. The SMILES string of the molecule is COC(=O)C(Cc1ccccc1)CP(=O)(O)C(OCc1ccccc1)C(C)N=C=O. The summed E-state index contributed by atoms with van der Waals surface area (Å²) >= 11 is 0. The summed E-state index contributed by atoms with van der Waals surface area (Å²) in [6.45, 7) is 1.57. The van der Waals surface area contributed by atoms with Crippen LogP contribution in [0.4, 0.5) is 0 Å². The van der Waals surface area contributed by atoms with Gasteiger partial charge in [0, 0.05) is 6.16 Å². The summed E-state index contributed by atoms with van der Waals surface area (Å²) in [6.07, 6.45) is 1.31. The van der Waals surface area contributed by atoms with Crippen molar-refractivity contribution < 1.29 is 28.5 Å². The number of ether oxygens (including phenoxy) is 2. The van der Waals surface area contributed by atoms with Crippen LogP contribution in [0.25, 0.3) is 0 Å². The summed E-state index contributed by atoms with van der Waals surface area (Å²) in [5.74, 6) is -2.69. The Morgan fingerprint density at radius 2 is 1.67 bits per heavy atom. The van der Waals surface area contributed by atoms with E-state index >= 15 is 0 Å². The number of hydrogen-bond donors (Lipinski definition) is 1. The maximum absolute atomic E-state index is 13.3. The van der Waals surface area contributed by atoms with E-state index in [2.05, 4.69) is 4.99 Å². The van der Waals surface area contributed by atoms with Gasteiger partial charge in [-0.15, -0.1) is 0 Å². The lowest BCUT2D eigenvalue weighted by Gasteiger charge is -2.28. The second kappa shape index (κ2) is 11.6. The first-order chi connectivity index (χ1) is 14.4. The Balaban J connectivity index is 2.23. The van der Waals surface area contributed by atoms with Crippen LogP contribution in [0, 0.1) is 5.92 Å². The van der Waals surface area contributed by atoms with Crippen molar-refractivity contribution in [1.82, 2.24) is 0 Å². The third kappa shape index (κ3) is 7.05. The molecule has 0 spiro atoms. The zero-order valence-corrected chi connectivity index (χ0v) is 17.9. The largest absolute Gasteiger partial charge is 0.469 e. The Hall–Kier alpha value is -2.56. The molecule has 0 saturated carbocycles. The Labute approximate surface area is 176 Å². The second-order valence-electron chi connectivity index (χ2n) is 7.00. The molecule has 2 rings (SSSR count). The van der Waals surface area contributed by atoms with E-state index < -0.39 is 31.1 Å². The van der Waals surface area contributed by atoms with E-state index in [4.69, 9.17) is 9.47 Å². The lowest BCUT2D eigenvalue weighted by molar-refractivity contribution is -0.144. The molecule has 4 unspecified atom stereocenters. The fourth-order valence-electron chi connectivity index (χ4n) is 3.20. The van der Waals surface area contributed by atoms with Crippen LogP contribution in [-0.2, 0) is 36.7 Å². The molecular weight excluding hydrogens is 405 g/mol. The molecule has 0 radical (unpaired) electrons. The number of isocyanates is 1. The monoisotopic (exact) mass is 431 g/mol. The van der Waals surface area contributed by atoms with E-state index in [9.17, 15) is 19.0 Å². The van der Waals surface area contributed by atoms with Crippen LogP contribution in [0.2, 0.25) is 0 Å². The van der Waals surface area contributed by atoms with Gasteiger partial charge in [0.05, 0.1) is 25.7 Å². The highest BCUT2D eigenvalue weighted by Gasteiger charge is 2.40. The molecule has 4 atom stereocenters. The summed E-state index contributed by atoms with van der Waals surface area (Å²) in [5.41, 5.74) is 1.65. The first kappa shape index (κ1) is 23.7. The van der Waals surface area contributed by atoms with Crippen LogP contribution in [0.1, 0.15) is 18.1 Å². The molecule has 7 nitrogen and oxygen atoms in total. The van der Waals surface area contributed by atoms with Gasteiger partial charge in [0.1, 0.15) is 0 Å². The minimum absolute atomic E-state index is 0.0658. The highest BCUT2D eigenvalue weighted by atomic mass is 31.2. The Morgan fingerprint density at radius 1 is 1.10 bits per heavy atom. The Bertz CT molecular complexity index is 898. The summed E-state index contributed by atoms with van der Waals surface area (Å²) in [6, 6.07) is 17.4. The number of carbonyl (C=O) groups excluding carboxylic acids is 2. The number of esters is 1. The minimum Gasteiger partial charge on any atom is -0.469 e. The molecule has 2 aromatic rings. The van der Waals surface area contributed by atoms with Crippen molar-refractivity contribution in [2.24, 2.45) is 10.9 Å². The van der Waals surface area contributed by atoms with E-state index in [1.165, 1.54) is 20.1 Å². The van der Waals surface area contributed by atoms with Crippen LogP contribution in [0.5, 0.6) is 0 Å². The molecule has 0 aliphatic rings. The molecule has 30 heavy (non-hydrogen) atoms. The van der Waals surface area contributed by atoms with E-state index in [0.717, 1.165) is 11.1 Å². The highest BCUT2D eigenvalue weighted by molar-refractivity contribution is 7.58. The number of nitrogens with zero attached hydrogens (tertiary/aromatic N) is 1. The van der Waals surface area contributed by atoms with Gasteiger partial charge < -0.3 is 14.4 Å². The second-order valence-corrected chi connectivity index (χ2v) is 9.38. The van der Waals surface area contributed by atoms with Crippen molar-refractivity contribution in [3.05, 3.63) is 71.8 Å². The lowest BCUT2D eigenvalue weighted by Crippen LogP contribution is -2.31. The Kier molecular flexibility index (Phi) is 9.15. The molecule has 0 bridgehead atoms. The normalized spacial score (nSPS) is 15.8. The third-order valence-corrected chi connectivity index (χ3v) is 7.01. The maximum Gasteiger partial charge on any atom is 0.309 e. The van der Waals surface area contributed by atoms with Gasteiger partial charge in [-0.2, -0.15) is 4.99 Å². The molecule has 0 aliphatic heterocycles. The molecule has 2 aromatic carbocycles. The van der Waals surface area contributed by atoms with Crippen molar-refractivity contribution in [3.8, 4) is 0 Å². The lowest BCUT2D eigenvalue weighted by atomic mass is 10.0. The van der Waals surface area contributed by atoms with Crippen LogP contribution >= 0.6 is 7.37 Å². The van der Waals surface area contributed by atoms with Crippen molar-refractivity contribution in [2.45, 2.75) is 31.8 Å². The van der Waals surface area contributed by atoms with Crippen LogP contribution in [0.15, 0.2) is 65.7 Å². The predicted octanol–water partition coefficient (Wildman–Crippen LogP) is 3.56. The van der Waals surface area contributed by atoms with Gasteiger partial charge in [-0.1, -0.05) is 60.7 Å². The van der Waals surface area contributed by atoms with Gasteiger partial charge in [0.15, 0.2) is 5.85 Å². The van der Waals surface area contributed by atoms with E-state index in [1.54, 1.807) is 0 Å². The topological polar surface area (TPSA) is 102 Å². The standard InChI is InChI=1S/C22H26NO6P/c1-17(23-16-24)22(29-14-19-11-7-4-8-12-19)30(26,27)15-20(21(25)28-2)13-18-9-5-3-6-10-18/h3-12,17,20,22H,13-15H2,1-2H3,(H,26,27). The fraction of sp³-hybridized carbons (Fsp3) is 0.364. The van der Waals surface area contributed by atoms with E-state index in [0.29, 0.717) is 0 Å². The quantitative estimate of drug-likeness (QED) is 0.253. The van der Waals surface area contributed by atoms with Crippen molar-refractivity contribution in [2.75, 3.05) is 13.3 Å². The number of benzene rings is 2. The third-order valence-electron chi connectivity index (χ3n) is 4.67. The Morgan fingerprint density at radius 3 is 2.20 bits per heavy atom. The zero-order chi connectivity index (χ0) is 22.0. The van der Waals surface area contributed by atoms with Crippen LogP contribution < -0.4 is 0 Å². The molecular formula is C22H26NO6P. The number of rotatable bonds is 11. The molecule has 1 N–H and O–H groups in total. The summed E-state index contributed by atoms with van der Waals surface area (Å²) in [5, 5.41) is 0. The number of hydrogen-bond acceptors (Lipinski definition) is 6. The van der Waals surface area contributed by atoms with Gasteiger partial charge in [0.2, 0.25) is 13.4 Å². The molecule has 0 heterocycles. The molecule has 0 amide bonds. The van der Waals surface area contributed by atoms with Crippen LogP contribution in [-0.4, -0.2) is 42.1 Å². The molecule has 0 aliphatic carbocycles. The molecule has 8 heteroatoms. The molecule has 0 fully saturated rings. The first-order valence-electron chi connectivity index (χ1n) is 9.53. The zero-order valence-electron chi connectivity index (χ0n) is 17.0. The smallest absolute Gasteiger partial charge is 0.309 e. The predicted molar refractivity (Wildman–Crippen MR) is 113 cm³/mol. The van der Waals surface area contributed by atoms with Crippen molar-refractivity contribution >= 4 is 19.4 Å². The minimum atomic E-state index is -4.08. The fourth-order valence-corrected chi connectivity index (χ4v) is 5.37. The van der Waals surface area contributed by atoms with Gasteiger partial charge in [0.25, 0.3) is 0 Å². The van der Waals surface area contributed by atoms with Crippen molar-refractivity contribution in [3.63, 3.8) is 0 Å². The highest BCUT2D eigenvalue weighted by Crippen LogP contribution is 2.51. The number of methoxy groups -OCH3 is 1. The van der Waals surface area contributed by atoms with Gasteiger partial charge in [-0.3, -0.25) is 9.36 Å². The first-order valence-corrected chi connectivity index (χ1v) is 11.4. The average molecular weight is 431 g/mol. The molecule has 0 aromatic heterocycles. The van der Waals surface area contributed by atoms with Crippen molar-refractivity contribution in [1.29, 1.82) is 0 Å². The van der Waals surface area contributed by atoms with Gasteiger partial charge in [-0.25, -0.2) is 4.79 Å². The number of carbonyl (C=O) groups is 1. The van der Waals surface area contributed by atoms with Crippen LogP contribution in [0.3, 0.4) is 0 Å². The maximum atomic E-state index is 13.3. The van der Waals surface area contributed by atoms with Gasteiger partial charge in [-0.05, 0) is 24.5 Å². The van der Waals surface area contributed by atoms with E-state index in [-0.39, 0.29) is 19.2 Å². The number of aliphatic imine (C=N–C) groups is 1. The van der Waals surface area contributed by atoms with Gasteiger partial charge >= 0.3 is 5.97 Å².